The maximum Gasteiger partial charge on any atom is 0.329 e. The summed E-state index contributed by atoms with van der Waals surface area (Å²) in [6.45, 7) is 2.58. The lowest BCUT2D eigenvalue weighted by Gasteiger charge is -2.14. The number of hydrogen-bond donors (Lipinski definition) is 1. The standard InChI is InChI=1S/C26H22BrIN2O4/c1-16-4-3-5-18(10-16)14-30-25(31)22(29-26(30)32)12-19-11-21(28)24(23(13-19)33-2)34-15-17-6-8-20(27)9-7-17/h3-13H,14-15H2,1-2H3,(H,29,32)/b22-12+. The van der Waals surface area contributed by atoms with Crippen LogP contribution in [0.1, 0.15) is 22.3 Å². The summed E-state index contributed by atoms with van der Waals surface area (Å²) < 4.78 is 13.4. The number of ether oxygens (including phenoxy) is 2. The highest BCUT2D eigenvalue weighted by atomic mass is 127. The maximum absolute atomic E-state index is 12.9. The van der Waals surface area contributed by atoms with Crippen molar-refractivity contribution in [2.45, 2.75) is 20.1 Å². The van der Waals surface area contributed by atoms with Gasteiger partial charge < -0.3 is 14.8 Å². The molecule has 0 unspecified atom stereocenters. The quantitative estimate of drug-likeness (QED) is 0.196. The fraction of sp³-hybridized carbons (Fsp3) is 0.154. The first-order valence-corrected chi connectivity index (χ1v) is 12.4. The summed E-state index contributed by atoms with van der Waals surface area (Å²) in [6.07, 6.45) is 1.65. The Bertz CT molecular complexity index is 1270. The van der Waals surface area contributed by atoms with Crippen molar-refractivity contribution in [2.24, 2.45) is 0 Å². The van der Waals surface area contributed by atoms with Crippen molar-refractivity contribution in [3.8, 4) is 11.5 Å². The van der Waals surface area contributed by atoms with E-state index in [0.717, 1.165) is 30.3 Å². The Morgan fingerprint density at radius 1 is 1.06 bits per heavy atom. The molecule has 1 aliphatic rings. The van der Waals surface area contributed by atoms with Crippen LogP contribution < -0.4 is 14.8 Å². The van der Waals surface area contributed by atoms with E-state index in [4.69, 9.17) is 9.47 Å². The smallest absolute Gasteiger partial charge is 0.329 e. The van der Waals surface area contributed by atoms with E-state index in [9.17, 15) is 9.59 Å². The Morgan fingerprint density at radius 3 is 2.53 bits per heavy atom. The van der Waals surface area contributed by atoms with Crippen LogP contribution in [0.25, 0.3) is 6.08 Å². The van der Waals surface area contributed by atoms with Gasteiger partial charge in [0.15, 0.2) is 11.5 Å². The minimum Gasteiger partial charge on any atom is -0.493 e. The Balaban J connectivity index is 1.53. The van der Waals surface area contributed by atoms with E-state index in [0.29, 0.717) is 18.1 Å². The second kappa shape index (κ2) is 10.6. The van der Waals surface area contributed by atoms with Gasteiger partial charge >= 0.3 is 6.03 Å². The zero-order valence-electron chi connectivity index (χ0n) is 18.6. The molecule has 34 heavy (non-hydrogen) atoms. The van der Waals surface area contributed by atoms with Crippen molar-refractivity contribution in [1.29, 1.82) is 0 Å². The number of nitrogens with zero attached hydrogens (tertiary/aromatic N) is 1. The van der Waals surface area contributed by atoms with Crippen LogP contribution in [0.3, 0.4) is 0 Å². The fourth-order valence-corrected chi connectivity index (χ4v) is 4.62. The molecule has 6 nitrogen and oxygen atoms in total. The zero-order valence-corrected chi connectivity index (χ0v) is 22.3. The number of benzene rings is 3. The Hall–Kier alpha value is -2.85. The number of aryl methyl sites for hydroxylation is 1. The molecule has 1 saturated heterocycles. The maximum atomic E-state index is 12.9. The number of urea groups is 1. The topological polar surface area (TPSA) is 67.9 Å². The van der Waals surface area contributed by atoms with Crippen LogP contribution in [0.2, 0.25) is 0 Å². The number of amides is 3. The summed E-state index contributed by atoms with van der Waals surface area (Å²) >= 11 is 5.61. The number of hydrogen-bond acceptors (Lipinski definition) is 4. The van der Waals surface area contributed by atoms with Crippen molar-refractivity contribution in [3.05, 3.63) is 96.7 Å². The number of carbonyl (C=O) groups is 2. The molecule has 1 aliphatic heterocycles. The summed E-state index contributed by atoms with van der Waals surface area (Å²) in [7, 11) is 1.57. The molecule has 0 bridgehead atoms. The van der Waals surface area contributed by atoms with Crippen LogP contribution >= 0.6 is 38.5 Å². The van der Waals surface area contributed by atoms with Crippen LogP contribution in [0.15, 0.2) is 70.8 Å². The molecule has 0 spiro atoms. The van der Waals surface area contributed by atoms with Crippen molar-refractivity contribution >= 4 is 56.5 Å². The van der Waals surface area contributed by atoms with Crippen LogP contribution in [-0.2, 0) is 17.9 Å². The van der Waals surface area contributed by atoms with E-state index in [2.05, 4.69) is 43.8 Å². The van der Waals surface area contributed by atoms with Gasteiger partial charge in [-0.1, -0.05) is 57.9 Å². The second-order valence-corrected chi connectivity index (χ2v) is 9.90. The van der Waals surface area contributed by atoms with Crippen LogP contribution in [0.4, 0.5) is 4.79 Å². The average Bonchev–Trinajstić information content (AvgIpc) is 3.06. The highest BCUT2D eigenvalue weighted by Gasteiger charge is 2.33. The molecule has 3 aromatic carbocycles. The predicted molar refractivity (Wildman–Crippen MR) is 142 cm³/mol. The lowest BCUT2D eigenvalue weighted by atomic mass is 10.1. The van der Waals surface area contributed by atoms with Crippen molar-refractivity contribution < 1.29 is 19.1 Å². The van der Waals surface area contributed by atoms with Gasteiger partial charge in [-0.25, -0.2) is 4.79 Å². The van der Waals surface area contributed by atoms with Crippen molar-refractivity contribution in [2.75, 3.05) is 7.11 Å². The molecule has 0 aliphatic carbocycles. The van der Waals surface area contributed by atoms with Gasteiger partial charge in [0.1, 0.15) is 12.3 Å². The number of carbonyl (C=O) groups excluding carboxylic acids is 2. The van der Waals surface area contributed by atoms with Gasteiger partial charge in [0.2, 0.25) is 0 Å². The predicted octanol–water partition coefficient (Wildman–Crippen LogP) is 6.04. The highest BCUT2D eigenvalue weighted by Crippen LogP contribution is 2.35. The van der Waals surface area contributed by atoms with E-state index in [1.165, 1.54) is 4.90 Å². The Kier molecular flexibility index (Phi) is 7.57. The van der Waals surface area contributed by atoms with Gasteiger partial charge in [0, 0.05) is 4.47 Å². The van der Waals surface area contributed by atoms with E-state index in [1.54, 1.807) is 19.3 Å². The van der Waals surface area contributed by atoms with Crippen LogP contribution in [0, 0.1) is 10.5 Å². The molecular weight excluding hydrogens is 611 g/mol. The number of imide groups is 1. The number of nitrogens with one attached hydrogen (secondary N) is 1. The molecule has 1 heterocycles. The SMILES string of the molecule is COc1cc(/C=C2/NC(=O)N(Cc3cccc(C)c3)C2=O)cc(I)c1OCc1ccc(Br)cc1. The summed E-state index contributed by atoms with van der Waals surface area (Å²) in [6, 6.07) is 18.9. The Labute approximate surface area is 220 Å². The highest BCUT2D eigenvalue weighted by molar-refractivity contribution is 14.1. The molecule has 8 heteroatoms. The summed E-state index contributed by atoms with van der Waals surface area (Å²) in [5.74, 6) is 0.802. The summed E-state index contributed by atoms with van der Waals surface area (Å²) in [4.78, 5) is 26.6. The second-order valence-electron chi connectivity index (χ2n) is 7.82. The van der Waals surface area contributed by atoms with Crippen molar-refractivity contribution in [1.82, 2.24) is 10.2 Å². The molecule has 1 N–H and O–H groups in total. The van der Waals surface area contributed by atoms with E-state index in [-0.39, 0.29) is 18.1 Å². The third-order valence-electron chi connectivity index (χ3n) is 5.24. The van der Waals surface area contributed by atoms with Gasteiger partial charge in [-0.15, -0.1) is 0 Å². The van der Waals surface area contributed by atoms with Gasteiger partial charge in [-0.3, -0.25) is 9.69 Å². The molecule has 0 saturated carbocycles. The first-order valence-electron chi connectivity index (χ1n) is 10.5. The normalized spacial score (nSPS) is 14.5. The molecule has 1 fully saturated rings. The molecule has 3 aromatic rings. The molecular formula is C26H22BrIN2O4. The minimum atomic E-state index is -0.436. The molecule has 0 atom stereocenters. The molecule has 174 valence electrons. The molecule has 0 aromatic heterocycles. The first kappa shape index (κ1) is 24.3. The van der Waals surface area contributed by atoms with E-state index >= 15 is 0 Å². The lowest BCUT2D eigenvalue weighted by Crippen LogP contribution is -2.30. The zero-order chi connectivity index (χ0) is 24.2. The van der Waals surface area contributed by atoms with Crippen LogP contribution in [-0.4, -0.2) is 23.9 Å². The van der Waals surface area contributed by atoms with E-state index < -0.39 is 6.03 Å². The summed E-state index contributed by atoms with van der Waals surface area (Å²) in [5, 5.41) is 2.68. The first-order chi connectivity index (χ1) is 16.3. The molecule has 0 radical (unpaired) electrons. The molecule has 4 rings (SSSR count). The lowest BCUT2D eigenvalue weighted by molar-refractivity contribution is -0.123. The average molecular weight is 633 g/mol. The number of halogens is 2. The van der Waals surface area contributed by atoms with Gasteiger partial charge in [-0.05, 0) is 76.5 Å². The van der Waals surface area contributed by atoms with Gasteiger partial charge in [0.25, 0.3) is 5.91 Å². The Morgan fingerprint density at radius 2 is 1.82 bits per heavy atom. The molecule has 3 amide bonds. The third-order valence-corrected chi connectivity index (χ3v) is 6.57. The number of rotatable bonds is 7. The van der Waals surface area contributed by atoms with Crippen molar-refractivity contribution in [3.63, 3.8) is 0 Å². The minimum absolute atomic E-state index is 0.216. The van der Waals surface area contributed by atoms with Crippen LogP contribution in [0.5, 0.6) is 11.5 Å². The third kappa shape index (κ3) is 5.61. The van der Waals surface area contributed by atoms with Gasteiger partial charge in [0.05, 0.1) is 17.2 Å². The largest absolute Gasteiger partial charge is 0.493 e. The monoisotopic (exact) mass is 632 g/mol. The van der Waals surface area contributed by atoms with E-state index in [1.807, 2.05) is 61.5 Å². The number of methoxy groups -OCH3 is 1. The summed E-state index contributed by atoms with van der Waals surface area (Å²) in [5.41, 5.74) is 3.94. The van der Waals surface area contributed by atoms with Gasteiger partial charge in [-0.2, -0.15) is 0 Å². The fourth-order valence-electron chi connectivity index (χ4n) is 3.57.